The summed E-state index contributed by atoms with van der Waals surface area (Å²) in [6.45, 7) is 5.55. The van der Waals surface area contributed by atoms with Crippen molar-refractivity contribution in [3.8, 4) is 11.5 Å². The number of methoxy groups -OCH3 is 1. The van der Waals surface area contributed by atoms with Gasteiger partial charge in [-0.1, -0.05) is 0 Å². The van der Waals surface area contributed by atoms with Crippen molar-refractivity contribution < 1.29 is 19.2 Å². The molecular formula is C20H22N2O5. The molecule has 0 aliphatic carbocycles. The predicted octanol–water partition coefficient (Wildman–Crippen LogP) is 3.94. The minimum absolute atomic E-state index is 0.00571. The Balaban J connectivity index is 1.89. The third-order valence-corrected chi connectivity index (χ3v) is 4.64. The van der Waals surface area contributed by atoms with Crippen LogP contribution in [0.3, 0.4) is 0 Å². The lowest BCUT2D eigenvalue weighted by molar-refractivity contribution is -0.385. The molecule has 1 heterocycles. The van der Waals surface area contributed by atoms with Crippen LogP contribution in [-0.4, -0.2) is 23.5 Å². The van der Waals surface area contributed by atoms with E-state index in [4.69, 9.17) is 9.47 Å². The summed E-state index contributed by atoms with van der Waals surface area (Å²) in [5, 5.41) is 14.0. The zero-order valence-electron chi connectivity index (χ0n) is 15.7. The number of nitro benzene ring substituents is 1. The quantitative estimate of drug-likeness (QED) is 0.650. The van der Waals surface area contributed by atoms with Crippen LogP contribution in [0.15, 0.2) is 36.4 Å². The Labute approximate surface area is 157 Å². The third-order valence-electron chi connectivity index (χ3n) is 4.64. The molecule has 0 spiro atoms. The summed E-state index contributed by atoms with van der Waals surface area (Å²) in [5.74, 6) is 1.10. The normalized spacial score (nSPS) is 17.4. The van der Waals surface area contributed by atoms with Gasteiger partial charge in [-0.25, -0.2) is 0 Å². The Morgan fingerprint density at radius 3 is 2.67 bits per heavy atom. The standard InChI is InChI=1S/C20H22N2O5/c1-12-9-13(5-7-17(12)22(24)25)19(23)21-16-11-20(2,3)27-18-8-6-14(26-4)10-15(16)18/h5-10,16H,11H2,1-4H3,(H,21,23)/t16-/m1/s1. The highest BCUT2D eigenvalue weighted by Crippen LogP contribution is 2.41. The Kier molecular flexibility index (Phi) is 4.78. The minimum Gasteiger partial charge on any atom is -0.497 e. The van der Waals surface area contributed by atoms with Crippen LogP contribution in [0.4, 0.5) is 5.69 Å². The number of rotatable bonds is 4. The Morgan fingerprint density at radius 2 is 2.04 bits per heavy atom. The summed E-state index contributed by atoms with van der Waals surface area (Å²) in [5.41, 5.74) is 1.23. The molecule has 7 heteroatoms. The number of nitrogens with one attached hydrogen (secondary N) is 1. The number of nitro groups is 1. The lowest BCUT2D eigenvalue weighted by atomic mass is 9.89. The van der Waals surface area contributed by atoms with Gasteiger partial charge >= 0.3 is 0 Å². The van der Waals surface area contributed by atoms with Gasteiger partial charge < -0.3 is 14.8 Å². The van der Waals surface area contributed by atoms with Crippen molar-refractivity contribution in [3.05, 3.63) is 63.2 Å². The third kappa shape index (κ3) is 3.86. The number of hydrogen-bond acceptors (Lipinski definition) is 5. The van der Waals surface area contributed by atoms with E-state index < -0.39 is 10.5 Å². The molecule has 1 atom stereocenters. The van der Waals surface area contributed by atoms with Crippen molar-refractivity contribution in [3.63, 3.8) is 0 Å². The number of carbonyl (C=O) groups excluding carboxylic acids is 1. The van der Waals surface area contributed by atoms with Crippen molar-refractivity contribution in [2.45, 2.75) is 38.8 Å². The molecule has 1 N–H and O–H groups in total. The van der Waals surface area contributed by atoms with Crippen molar-refractivity contribution in [2.24, 2.45) is 0 Å². The number of hydrogen-bond donors (Lipinski definition) is 1. The van der Waals surface area contributed by atoms with Gasteiger partial charge in [-0.2, -0.15) is 0 Å². The van der Waals surface area contributed by atoms with E-state index in [0.717, 1.165) is 5.56 Å². The minimum atomic E-state index is -0.458. The van der Waals surface area contributed by atoms with Crippen LogP contribution in [0.2, 0.25) is 0 Å². The number of carbonyl (C=O) groups is 1. The molecule has 0 bridgehead atoms. The largest absolute Gasteiger partial charge is 0.497 e. The van der Waals surface area contributed by atoms with E-state index in [2.05, 4.69) is 5.32 Å². The highest BCUT2D eigenvalue weighted by molar-refractivity contribution is 5.95. The molecular weight excluding hydrogens is 348 g/mol. The molecule has 0 saturated heterocycles. The zero-order chi connectivity index (χ0) is 19.8. The molecule has 1 aliphatic rings. The first kappa shape index (κ1) is 18.7. The molecule has 1 amide bonds. The van der Waals surface area contributed by atoms with E-state index in [1.165, 1.54) is 18.2 Å². The molecule has 2 aromatic carbocycles. The van der Waals surface area contributed by atoms with Crippen LogP contribution in [0.5, 0.6) is 11.5 Å². The van der Waals surface area contributed by atoms with Gasteiger partial charge in [-0.3, -0.25) is 14.9 Å². The second kappa shape index (κ2) is 6.90. The fourth-order valence-electron chi connectivity index (χ4n) is 3.33. The second-order valence-corrected chi connectivity index (χ2v) is 7.25. The average molecular weight is 370 g/mol. The van der Waals surface area contributed by atoms with Crippen molar-refractivity contribution in [1.82, 2.24) is 5.32 Å². The molecule has 2 aromatic rings. The summed E-state index contributed by atoms with van der Waals surface area (Å²) in [7, 11) is 1.59. The van der Waals surface area contributed by atoms with E-state index in [1.807, 2.05) is 32.0 Å². The van der Waals surface area contributed by atoms with E-state index in [9.17, 15) is 14.9 Å². The van der Waals surface area contributed by atoms with Crippen molar-refractivity contribution in [2.75, 3.05) is 7.11 Å². The van der Waals surface area contributed by atoms with Gasteiger partial charge in [0.25, 0.3) is 11.6 Å². The van der Waals surface area contributed by atoms with Crippen LogP contribution in [0.25, 0.3) is 0 Å². The SMILES string of the molecule is COc1ccc2c(c1)[C@H](NC(=O)c1ccc([N+](=O)[O-])c(C)c1)CC(C)(C)O2. The van der Waals surface area contributed by atoms with Crippen LogP contribution in [-0.2, 0) is 0 Å². The summed E-state index contributed by atoms with van der Waals surface area (Å²) in [6, 6.07) is 9.61. The van der Waals surface area contributed by atoms with Gasteiger partial charge in [0.05, 0.1) is 18.1 Å². The van der Waals surface area contributed by atoms with Crippen LogP contribution < -0.4 is 14.8 Å². The van der Waals surface area contributed by atoms with E-state index in [1.54, 1.807) is 14.0 Å². The molecule has 3 rings (SSSR count). The molecule has 0 radical (unpaired) electrons. The van der Waals surface area contributed by atoms with Gasteiger partial charge in [0, 0.05) is 29.2 Å². The molecule has 7 nitrogen and oxygen atoms in total. The number of fused-ring (bicyclic) bond motifs is 1. The summed E-state index contributed by atoms with van der Waals surface area (Å²) in [6.07, 6.45) is 0.588. The number of benzene rings is 2. The predicted molar refractivity (Wildman–Crippen MR) is 100 cm³/mol. The van der Waals surface area contributed by atoms with Crippen LogP contribution >= 0.6 is 0 Å². The maximum absolute atomic E-state index is 12.8. The van der Waals surface area contributed by atoms with Gasteiger partial charge in [0.15, 0.2) is 0 Å². The van der Waals surface area contributed by atoms with Crippen molar-refractivity contribution in [1.29, 1.82) is 0 Å². The van der Waals surface area contributed by atoms with Crippen LogP contribution in [0, 0.1) is 17.0 Å². The van der Waals surface area contributed by atoms with Gasteiger partial charge in [0.2, 0.25) is 0 Å². The smallest absolute Gasteiger partial charge is 0.272 e. The van der Waals surface area contributed by atoms with Crippen molar-refractivity contribution >= 4 is 11.6 Å². The lowest BCUT2D eigenvalue weighted by Crippen LogP contribution is -2.41. The highest BCUT2D eigenvalue weighted by atomic mass is 16.6. The summed E-state index contributed by atoms with van der Waals surface area (Å²) in [4.78, 5) is 23.3. The maximum Gasteiger partial charge on any atom is 0.272 e. The van der Waals surface area contributed by atoms with E-state index in [0.29, 0.717) is 29.0 Å². The first-order valence-corrected chi connectivity index (χ1v) is 8.63. The monoisotopic (exact) mass is 370 g/mol. The van der Waals surface area contributed by atoms with Gasteiger partial charge in [-0.05, 0) is 51.1 Å². The molecule has 0 saturated carbocycles. The number of nitrogens with zero attached hydrogens (tertiary/aromatic N) is 1. The highest BCUT2D eigenvalue weighted by Gasteiger charge is 2.35. The number of ether oxygens (including phenoxy) is 2. The molecule has 142 valence electrons. The summed E-state index contributed by atoms with van der Waals surface area (Å²) >= 11 is 0. The topological polar surface area (TPSA) is 90.7 Å². The second-order valence-electron chi connectivity index (χ2n) is 7.25. The first-order valence-electron chi connectivity index (χ1n) is 8.63. The molecule has 1 aliphatic heterocycles. The van der Waals surface area contributed by atoms with Gasteiger partial charge in [0.1, 0.15) is 17.1 Å². The Hall–Kier alpha value is -3.09. The number of aryl methyl sites for hydroxylation is 1. The molecule has 0 unspecified atom stereocenters. The fraction of sp³-hybridized carbons (Fsp3) is 0.350. The molecule has 0 aromatic heterocycles. The molecule has 0 fully saturated rings. The van der Waals surface area contributed by atoms with Crippen LogP contribution in [0.1, 0.15) is 47.8 Å². The first-order chi connectivity index (χ1) is 12.7. The zero-order valence-corrected chi connectivity index (χ0v) is 15.7. The van der Waals surface area contributed by atoms with E-state index >= 15 is 0 Å². The Morgan fingerprint density at radius 1 is 1.30 bits per heavy atom. The van der Waals surface area contributed by atoms with Gasteiger partial charge in [-0.15, -0.1) is 0 Å². The average Bonchev–Trinajstić information content (AvgIpc) is 2.60. The Bertz CT molecular complexity index is 907. The maximum atomic E-state index is 12.8. The lowest BCUT2D eigenvalue weighted by Gasteiger charge is -2.38. The number of amides is 1. The molecule has 27 heavy (non-hydrogen) atoms. The van der Waals surface area contributed by atoms with E-state index in [-0.39, 0.29) is 17.6 Å². The summed E-state index contributed by atoms with van der Waals surface area (Å²) < 4.78 is 11.3. The fourth-order valence-corrected chi connectivity index (χ4v) is 3.33.